The van der Waals surface area contributed by atoms with Gasteiger partial charge in [0.1, 0.15) is 17.6 Å². The Hall–Kier alpha value is -3.49. The number of nitriles is 1. The Morgan fingerprint density at radius 2 is 1.66 bits per heavy atom. The Kier molecular flexibility index (Phi) is 6.72. The molecule has 29 heavy (non-hydrogen) atoms. The molecule has 0 aliphatic rings. The number of alkyl carbamates (subject to hydrolysis) is 1. The molecule has 0 spiro atoms. The lowest BCUT2D eigenvalue weighted by atomic mass is 10.1. The predicted octanol–water partition coefficient (Wildman–Crippen LogP) is 6.18. The van der Waals surface area contributed by atoms with E-state index in [1.165, 1.54) is 0 Å². The molecule has 1 amide bonds. The lowest BCUT2D eigenvalue weighted by molar-refractivity contribution is 0.120. The van der Waals surface area contributed by atoms with Gasteiger partial charge in [-0.25, -0.2) is 4.79 Å². The maximum absolute atomic E-state index is 12.3. The predicted molar refractivity (Wildman–Crippen MR) is 111 cm³/mol. The van der Waals surface area contributed by atoms with Gasteiger partial charge >= 0.3 is 6.09 Å². The Bertz CT molecular complexity index is 1000. The van der Waals surface area contributed by atoms with Crippen LogP contribution in [0.15, 0.2) is 78.9 Å². The van der Waals surface area contributed by atoms with Gasteiger partial charge in [-0.1, -0.05) is 54.1 Å². The van der Waals surface area contributed by atoms with Crippen LogP contribution in [0.2, 0.25) is 5.02 Å². The number of benzene rings is 3. The summed E-state index contributed by atoms with van der Waals surface area (Å²) < 4.78 is 11.1. The Morgan fingerprint density at radius 3 is 2.34 bits per heavy atom. The topological polar surface area (TPSA) is 71.3 Å². The van der Waals surface area contributed by atoms with Crippen LogP contribution < -0.4 is 10.1 Å². The van der Waals surface area contributed by atoms with Gasteiger partial charge in [0.25, 0.3) is 0 Å². The van der Waals surface area contributed by atoms with Crippen LogP contribution in [0.4, 0.5) is 4.79 Å². The van der Waals surface area contributed by atoms with Crippen molar-refractivity contribution < 1.29 is 14.3 Å². The Labute approximate surface area is 174 Å². The molecule has 0 aliphatic carbocycles. The first-order chi connectivity index (χ1) is 14.0. The summed E-state index contributed by atoms with van der Waals surface area (Å²) in [6.07, 6.45) is -1.75. The number of carbonyl (C=O) groups is 1. The van der Waals surface area contributed by atoms with Crippen LogP contribution in [0.25, 0.3) is 0 Å². The first-order valence-corrected chi connectivity index (χ1v) is 9.38. The third-order valence-corrected chi connectivity index (χ3v) is 4.44. The van der Waals surface area contributed by atoms with E-state index in [1.54, 1.807) is 36.4 Å². The average molecular weight is 407 g/mol. The van der Waals surface area contributed by atoms with E-state index in [-0.39, 0.29) is 6.04 Å². The molecule has 0 aromatic heterocycles. The lowest BCUT2D eigenvalue weighted by Crippen LogP contribution is -2.28. The number of amides is 1. The van der Waals surface area contributed by atoms with E-state index < -0.39 is 12.2 Å². The summed E-state index contributed by atoms with van der Waals surface area (Å²) >= 11 is 5.88. The molecular formula is C23H19ClN2O3. The third-order valence-electron chi connectivity index (χ3n) is 4.19. The molecule has 0 fully saturated rings. The van der Waals surface area contributed by atoms with Crippen LogP contribution in [-0.2, 0) is 4.74 Å². The number of hydrogen-bond donors (Lipinski definition) is 1. The Morgan fingerprint density at radius 1 is 0.966 bits per heavy atom. The van der Waals surface area contributed by atoms with Crippen LogP contribution >= 0.6 is 11.6 Å². The van der Waals surface area contributed by atoms with E-state index in [9.17, 15) is 10.1 Å². The van der Waals surface area contributed by atoms with Crippen molar-refractivity contribution in [1.29, 1.82) is 5.26 Å². The van der Waals surface area contributed by atoms with Crippen LogP contribution in [-0.4, -0.2) is 6.09 Å². The fourth-order valence-electron chi connectivity index (χ4n) is 2.69. The molecule has 3 aromatic rings. The first-order valence-electron chi connectivity index (χ1n) is 9.00. The monoisotopic (exact) mass is 406 g/mol. The summed E-state index contributed by atoms with van der Waals surface area (Å²) in [5.74, 6) is 1.22. The van der Waals surface area contributed by atoms with Crippen molar-refractivity contribution in [3.63, 3.8) is 0 Å². The molecule has 0 bridgehead atoms. The highest BCUT2D eigenvalue weighted by Gasteiger charge is 2.19. The number of nitrogens with one attached hydrogen (secondary N) is 1. The molecular weight excluding hydrogens is 388 g/mol. The summed E-state index contributed by atoms with van der Waals surface area (Å²) in [6, 6.07) is 25.0. The van der Waals surface area contributed by atoms with Crippen LogP contribution in [0.3, 0.4) is 0 Å². The molecule has 0 radical (unpaired) electrons. The van der Waals surface area contributed by atoms with Crippen molar-refractivity contribution in [3.05, 3.63) is 95.0 Å². The molecule has 146 valence electrons. The van der Waals surface area contributed by atoms with E-state index >= 15 is 0 Å². The van der Waals surface area contributed by atoms with Gasteiger partial charge in [-0.2, -0.15) is 5.26 Å². The van der Waals surface area contributed by atoms with Gasteiger partial charge in [0, 0.05) is 10.6 Å². The second kappa shape index (κ2) is 9.63. The molecule has 3 rings (SSSR count). The van der Waals surface area contributed by atoms with Crippen LogP contribution in [0, 0.1) is 11.3 Å². The maximum Gasteiger partial charge on any atom is 0.409 e. The van der Waals surface area contributed by atoms with Crippen molar-refractivity contribution in [2.45, 2.75) is 19.1 Å². The second-order valence-electron chi connectivity index (χ2n) is 6.32. The summed E-state index contributed by atoms with van der Waals surface area (Å²) in [5.41, 5.74) is 1.40. The molecule has 2 atom stereocenters. The number of rotatable bonds is 6. The van der Waals surface area contributed by atoms with E-state index in [0.29, 0.717) is 22.1 Å². The van der Waals surface area contributed by atoms with Gasteiger partial charge in [-0.05, 0) is 48.9 Å². The number of nitrogens with zero attached hydrogens (tertiary/aromatic N) is 1. The van der Waals surface area contributed by atoms with Gasteiger partial charge < -0.3 is 14.8 Å². The highest BCUT2D eigenvalue weighted by molar-refractivity contribution is 6.30. The quantitative estimate of drug-likeness (QED) is 0.530. The lowest BCUT2D eigenvalue weighted by Gasteiger charge is -2.17. The normalized spacial score (nSPS) is 12.3. The van der Waals surface area contributed by atoms with Crippen molar-refractivity contribution in [2.75, 3.05) is 0 Å². The van der Waals surface area contributed by atoms with Gasteiger partial charge in [0.15, 0.2) is 0 Å². The number of halogens is 1. The number of ether oxygens (including phenoxy) is 2. The summed E-state index contributed by atoms with van der Waals surface area (Å²) in [5, 5.41) is 12.8. The highest BCUT2D eigenvalue weighted by atomic mass is 35.5. The number of carbonyl (C=O) groups excluding carboxylic acids is 1. The molecule has 3 aromatic carbocycles. The molecule has 0 heterocycles. The van der Waals surface area contributed by atoms with E-state index in [4.69, 9.17) is 21.1 Å². The number of hydrogen-bond acceptors (Lipinski definition) is 4. The van der Waals surface area contributed by atoms with Crippen LogP contribution in [0.1, 0.15) is 30.2 Å². The molecule has 0 aliphatic heterocycles. The molecule has 0 saturated carbocycles. The summed E-state index contributed by atoms with van der Waals surface area (Å²) in [7, 11) is 0. The van der Waals surface area contributed by atoms with E-state index in [2.05, 4.69) is 5.32 Å². The molecule has 2 unspecified atom stereocenters. The molecule has 1 N–H and O–H groups in total. The van der Waals surface area contributed by atoms with Crippen molar-refractivity contribution in [1.82, 2.24) is 5.32 Å². The van der Waals surface area contributed by atoms with E-state index in [1.807, 2.05) is 55.5 Å². The fourth-order valence-corrected chi connectivity index (χ4v) is 2.81. The standard InChI is InChI=1S/C23H19ClN2O3/c1-16(17-10-12-19(24)13-11-17)26-23(27)29-22(15-25)18-6-5-9-21(14-18)28-20-7-3-2-4-8-20/h2-14,16,22H,1H3,(H,26,27). The minimum Gasteiger partial charge on any atom is -0.457 e. The van der Waals surface area contributed by atoms with E-state index in [0.717, 1.165) is 5.56 Å². The summed E-state index contributed by atoms with van der Waals surface area (Å²) in [4.78, 5) is 12.3. The van der Waals surface area contributed by atoms with Gasteiger partial charge in [-0.15, -0.1) is 0 Å². The summed E-state index contributed by atoms with van der Waals surface area (Å²) in [6.45, 7) is 1.82. The minimum absolute atomic E-state index is 0.299. The minimum atomic E-state index is -1.06. The van der Waals surface area contributed by atoms with Gasteiger partial charge in [0.05, 0.1) is 6.04 Å². The van der Waals surface area contributed by atoms with Crippen molar-refractivity contribution in [3.8, 4) is 17.6 Å². The first kappa shape index (κ1) is 20.2. The van der Waals surface area contributed by atoms with Crippen LogP contribution in [0.5, 0.6) is 11.5 Å². The van der Waals surface area contributed by atoms with Crippen molar-refractivity contribution >= 4 is 17.7 Å². The second-order valence-corrected chi connectivity index (χ2v) is 6.76. The van der Waals surface area contributed by atoms with Gasteiger partial charge in [0.2, 0.25) is 6.10 Å². The highest BCUT2D eigenvalue weighted by Crippen LogP contribution is 2.26. The SMILES string of the molecule is CC(NC(=O)OC(C#N)c1cccc(Oc2ccccc2)c1)c1ccc(Cl)cc1. The average Bonchev–Trinajstić information content (AvgIpc) is 2.73. The maximum atomic E-state index is 12.3. The fraction of sp³-hybridized carbons (Fsp3) is 0.130. The molecule has 5 nitrogen and oxygen atoms in total. The zero-order valence-corrected chi connectivity index (χ0v) is 16.5. The number of para-hydroxylation sites is 1. The van der Waals surface area contributed by atoms with Gasteiger partial charge in [-0.3, -0.25) is 0 Å². The largest absolute Gasteiger partial charge is 0.457 e. The zero-order chi connectivity index (χ0) is 20.6. The smallest absolute Gasteiger partial charge is 0.409 e. The Balaban J connectivity index is 1.65. The zero-order valence-electron chi connectivity index (χ0n) is 15.7. The van der Waals surface area contributed by atoms with Crippen molar-refractivity contribution in [2.24, 2.45) is 0 Å². The molecule has 6 heteroatoms. The third kappa shape index (κ3) is 5.74. The molecule has 0 saturated heterocycles.